The summed E-state index contributed by atoms with van der Waals surface area (Å²) >= 11 is 17.3. The third kappa shape index (κ3) is 3.93. The molecule has 1 aromatic carbocycles. The minimum Gasteiger partial charge on any atom is -0.0712 e. The highest BCUT2D eigenvalue weighted by Crippen LogP contribution is 2.45. The van der Waals surface area contributed by atoms with Gasteiger partial charge in [-0.25, -0.2) is 0 Å². The van der Waals surface area contributed by atoms with Gasteiger partial charge in [-0.3, -0.25) is 0 Å². The van der Waals surface area contributed by atoms with Crippen molar-refractivity contribution in [1.29, 1.82) is 0 Å². The molecule has 0 aromatic heterocycles. The fourth-order valence-electron chi connectivity index (χ4n) is 0.851. The van der Waals surface area contributed by atoms with E-state index >= 15 is 0 Å². The van der Waals surface area contributed by atoms with Gasteiger partial charge in [0.25, 0.3) is 0 Å². The Morgan fingerprint density at radius 3 is 2.15 bits per heavy atom. The number of alkyl halides is 5. The summed E-state index contributed by atoms with van der Waals surface area (Å²) in [6, 6.07) is 8.19. The van der Waals surface area contributed by atoms with E-state index in [0.717, 1.165) is 5.56 Å². The predicted octanol–water partition coefficient (Wildman–Crippen LogP) is 5.77. The molecule has 0 heterocycles. The molecule has 0 atom stereocenters. The molecule has 0 radical (unpaired) electrons. The molecule has 0 bridgehead atoms. The van der Waals surface area contributed by atoms with Crippen molar-refractivity contribution in [1.82, 2.24) is 0 Å². The standard InChI is InChI=1S/C8H5Br5/c9-7(10)5-2-1-3-6(4-5)8(11,12)13/h1-4,7H. The van der Waals surface area contributed by atoms with Crippen LogP contribution in [0.1, 0.15) is 14.9 Å². The van der Waals surface area contributed by atoms with Gasteiger partial charge < -0.3 is 0 Å². The molecule has 0 N–H and O–H groups in total. The zero-order chi connectivity index (χ0) is 10.1. The van der Waals surface area contributed by atoms with E-state index in [4.69, 9.17) is 0 Å². The molecule has 0 aliphatic carbocycles. The van der Waals surface area contributed by atoms with Crippen LogP contribution in [0.15, 0.2) is 24.3 Å². The lowest BCUT2D eigenvalue weighted by Crippen LogP contribution is -1.98. The summed E-state index contributed by atoms with van der Waals surface area (Å²) in [7, 11) is 0. The van der Waals surface area contributed by atoms with Crippen LogP contribution in [0.25, 0.3) is 0 Å². The summed E-state index contributed by atoms with van der Waals surface area (Å²) in [6.07, 6.45) is 0. The van der Waals surface area contributed by atoms with Gasteiger partial charge in [-0.2, -0.15) is 0 Å². The first-order chi connectivity index (χ1) is 5.91. The maximum Gasteiger partial charge on any atom is 0.159 e. The van der Waals surface area contributed by atoms with Gasteiger partial charge in [0.1, 0.15) is 0 Å². The Hall–Kier alpha value is 1.62. The number of hydrogen-bond acceptors (Lipinski definition) is 0. The molecule has 13 heavy (non-hydrogen) atoms. The lowest BCUT2D eigenvalue weighted by atomic mass is 10.2. The fraction of sp³-hybridized carbons (Fsp3) is 0.250. The van der Waals surface area contributed by atoms with Crippen molar-refractivity contribution in [2.45, 2.75) is 5.88 Å². The Kier molecular flexibility index (Phi) is 4.98. The van der Waals surface area contributed by atoms with Gasteiger partial charge in [-0.05, 0) is 11.1 Å². The van der Waals surface area contributed by atoms with Crippen molar-refractivity contribution in [2.75, 3.05) is 0 Å². The molecule has 72 valence electrons. The minimum absolute atomic E-state index is 0.190. The van der Waals surface area contributed by atoms with Gasteiger partial charge in [0.15, 0.2) is 2.14 Å². The van der Waals surface area contributed by atoms with Crippen LogP contribution in [0.4, 0.5) is 0 Å². The Labute approximate surface area is 119 Å². The van der Waals surface area contributed by atoms with Crippen LogP contribution in [-0.2, 0) is 2.14 Å². The summed E-state index contributed by atoms with van der Waals surface area (Å²) in [4.78, 5) is 0. The molecule has 0 amide bonds. The van der Waals surface area contributed by atoms with E-state index in [1.165, 1.54) is 5.56 Å². The van der Waals surface area contributed by atoms with Gasteiger partial charge in [0.2, 0.25) is 0 Å². The molecule has 0 saturated carbocycles. The van der Waals surface area contributed by atoms with Crippen LogP contribution >= 0.6 is 79.6 Å². The zero-order valence-electron chi connectivity index (χ0n) is 6.28. The molecule has 1 rings (SSSR count). The quantitative estimate of drug-likeness (QED) is 0.430. The second kappa shape index (κ2) is 5.10. The van der Waals surface area contributed by atoms with Gasteiger partial charge in [0, 0.05) is 0 Å². The van der Waals surface area contributed by atoms with E-state index in [1.807, 2.05) is 12.1 Å². The number of halogens is 5. The van der Waals surface area contributed by atoms with Crippen molar-refractivity contribution in [2.24, 2.45) is 0 Å². The first-order valence-corrected chi connectivity index (χ1v) is 7.57. The monoisotopic (exact) mass is 496 g/mol. The van der Waals surface area contributed by atoms with Crippen molar-refractivity contribution >= 4 is 79.6 Å². The van der Waals surface area contributed by atoms with Crippen LogP contribution in [-0.4, -0.2) is 0 Å². The van der Waals surface area contributed by atoms with Crippen LogP contribution in [0.3, 0.4) is 0 Å². The Morgan fingerprint density at radius 1 is 1.08 bits per heavy atom. The second-order valence-corrected chi connectivity index (χ2v) is 12.2. The molecule has 0 aliphatic heterocycles. The average Bonchev–Trinajstić information content (AvgIpc) is 2.03. The lowest BCUT2D eigenvalue weighted by Gasteiger charge is -2.14. The molecular formula is C8H5Br5. The van der Waals surface area contributed by atoms with E-state index in [9.17, 15) is 0 Å². The molecule has 0 nitrogen and oxygen atoms in total. The molecule has 1 aromatic rings. The van der Waals surface area contributed by atoms with E-state index in [-0.39, 0.29) is 5.88 Å². The molecule has 0 saturated heterocycles. The number of hydrogen-bond donors (Lipinski definition) is 0. The summed E-state index contributed by atoms with van der Waals surface area (Å²) in [6.45, 7) is 0. The zero-order valence-corrected chi connectivity index (χ0v) is 14.2. The topological polar surface area (TPSA) is 0 Å². The molecule has 0 spiro atoms. The molecule has 0 fully saturated rings. The summed E-state index contributed by atoms with van der Waals surface area (Å²) < 4.78 is -0.146. The fourth-order valence-corrected chi connectivity index (χ4v) is 2.16. The average molecular weight is 501 g/mol. The largest absolute Gasteiger partial charge is 0.159 e. The number of rotatable bonds is 1. The third-order valence-corrected chi connectivity index (χ3v) is 3.90. The van der Waals surface area contributed by atoms with Gasteiger partial charge >= 0.3 is 0 Å². The number of benzene rings is 1. The molecule has 0 unspecified atom stereocenters. The first kappa shape index (κ1) is 12.7. The van der Waals surface area contributed by atoms with E-state index in [2.05, 4.69) is 91.8 Å². The smallest absolute Gasteiger partial charge is 0.0712 e. The predicted molar refractivity (Wildman–Crippen MR) is 75.5 cm³/mol. The minimum atomic E-state index is -0.335. The molecule has 5 heteroatoms. The van der Waals surface area contributed by atoms with Crippen LogP contribution < -0.4 is 0 Å². The van der Waals surface area contributed by atoms with Crippen LogP contribution in [0.5, 0.6) is 0 Å². The van der Waals surface area contributed by atoms with Crippen molar-refractivity contribution in [3.8, 4) is 0 Å². The lowest BCUT2D eigenvalue weighted by molar-refractivity contribution is 1.31. The SMILES string of the molecule is BrC(Br)c1cccc(C(Br)(Br)Br)c1. The van der Waals surface area contributed by atoms with Crippen LogP contribution in [0.2, 0.25) is 0 Å². The maximum absolute atomic E-state index is 3.47. The van der Waals surface area contributed by atoms with Crippen LogP contribution in [0, 0.1) is 0 Å². The maximum atomic E-state index is 3.47. The molecular weight excluding hydrogens is 496 g/mol. The normalized spacial score (nSPS) is 12.2. The van der Waals surface area contributed by atoms with Crippen molar-refractivity contribution in [3.05, 3.63) is 35.4 Å². The van der Waals surface area contributed by atoms with Gasteiger partial charge in [0.05, 0.1) is 3.74 Å². The highest BCUT2D eigenvalue weighted by molar-refractivity contribution is 9.38. The van der Waals surface area contributed by atoms with Crippen molar-refractivity contribution in [3.63, 3.8) is 0 Å². The van der Waals surface area contributed by atoms with Gasteiger partial charge in [-0.1, -0.05) is 104 Å². The Bertz CT molecular complexity index is 289. The molecule has 0 aliphatic rings. The summed E-state index contributed by atoms with van der Waals surface area (Å²) in [5.41, 5.74) is 2.30. The summed E-state index contributed by atoms with van der Waals surface area (Å²) in [5.74, 6) is 0. The first-order valence-electron chi connectivity index (χ1n) is 3.36. The van der Waals surface area contributed by atoms with E-state index < -0.39 is 0 Å². The van der Waals surface area contributed by atoms with E-state index in [1.54, 1.807) is 0 Å². The van der Waals surface area contributed by atoms with Gasteiger partial charge in [-0.15, -0.1) is 0 Å². The summed E-state index contributed by atoms with van der Waals surface area (Å²) in [5, 5.41) is 0. The highest BCUT2D eigenvalue weighted by Gasteiger charge is 2.21. The Balaban J connectivity index is 3.06. The third-order valence-electron chi connectivity index (χ3n) is 1.47. The Morgan fingerprint density at radius 2 is 1.69 bits per heavy atom. The van der Waals surface area contributed by atoms with E-state index in [0.29, 0.717) is 0 Å². The second-order valence-electron chi connectivity index (χ2n) is 2.42. The van der Waals surface area contributed by atoms with Crippen molar-refractivity contribution < 1.29 is 0 Å². The highest BCUT2D eigenvalue weighted by atomic mass is 80.0.